The van der Waals surface area contributed by atoms with Gasteiger partial charge in [-0.25, -0.2) is 13.8 Å². The van der Waals surface area contributed by atoms with Gasteiger partial charge in [0.2, 0.25) is 5.91 Å². The van der Waals surface area contributed by atoms with Gasteiger partial charge >= 0.3 is 6.01 Å². The fourth-order valence-corrected chi connectivity index (χ4v) is 4.73. The number of amides is 1. The highest BCUT2D eigenvalue weighted by atomic mass is 35.5. The van der Waals surface area contributed by atoms with E-state index in [4.69, 9.17) is 21.6 Å². The van der Waals surface area contributed by atoms with Crippen molar-refractivity contribution in [1.82, 2.24) is 19.9 Å². The first-order chi connectivity index (χ1) is 19.3. The summed E-state index contributed by atoms with van der Waals surface area (Å²) < 4.78 is 36.6. The van der Waals surface area contributed by atoms with Crippen molar-refractivity contribution in [2.45, 2.75) is 6.61 Å². The van der Waals surface area contributed by atoms with Gasteiger partial charge in [-0.2, -0.15) is 15.2 Å². The molecule has 40 heavy (non-hydrogen) atoms. The van der Waals surface area contributed by atoms with E-state index in [1.807, 2.05) is 11.0 Å². The van der Waals surface area contributed by atoms with Crippen LogP contribution in [0.15, 0.2) is 55.3 Å². The highest BCUT2D eigenvalue weighted by molar-refractivity contribution is 6.34. The number of carbonyl (C=O) groups is 1. The number of hydrogen-bond acceptors (Lipinski definition) is 8. The minimum atomic E-state index is -0.961. The Balaban J connectivity index is 1.60. The summed E-state index contributed by atoms with van der Waals surface area (Å²) in [5.41, 5.74) is -0.0725. The van der Waals surface area contributed by atoms with Crippen LogP contribution in [0.3, 0.4) is 0 Å². The number of carbonyl (C=O) groups excluding carboxylic acids is 1. The highest BCUT2D eigenvalue weighted by Crippen LogP contribution is 2.42. The molecule has 2 aromatic carbocycles. The van der Waals surface area contributed by atoms with E-state index in [1.165, 1.54) is 36.5 Å². The van der Waals surface area contributed by atoms with Crippen LogP contribution in [0.5, 0.6) is 11.8 Å². The van der Waals surface area contributed by atoms with E-state index in [0.29, 0.717) is 37.6 Å². The standard InChI is InChI=1S/C28H21ClF2N6O3/c1-2-22(39)36-8-10-37(11-9-36)27-18-12-19(29)23(24-20(30)4-3-5-21(24)38)25(31)26(18)34-28(35-27)40-15-16-6-7-17(13-32)33-14-16/h2-7,12,14,38H,1,8-11,15H2. The number of piperazine rings is 1. The van der Waals surface area contributed by atoms with Crippen LogP contribution in [-0.2, 0) is 11.4 Å². The van der Waals surface area contributed by atoms with Gasteiger partial charge in [-0.3, -0.25) is 4.79 Å². The summed E-state index contributed by atoms with van der Waals surface area (Å²) >= 11 is 6.47. The molecule has 0 radical (unpaired) electrons. The number of aromatic nitrogens is 3. The molecule has 202 valence electrons. The molecule has 0 saturated carbocycles. The Morgan fingerprint density at radius 1 is 1.18 bits per heavy atom. The number of hydrogen-bond donors (Lipinski definition) is 1. The lowest BCUT2D eigenvalue weighted by Crippen LogP contribution is -2.48. The molecule has 5 rings (SSSR count). The van der Waals surface area contributed by atoms with Gasteiger partial charge in [-0.05, 0) is 30.3 Å². The van der Waals surface area contributed by atoms with Crippen LogP contribution in [0.1, 0.15) is 11.3 Å². The van der Waals surface area contributed by atoms with Crippen LogP contribution in [0.4, 0.5) is 14.6 Å². The molecule has 0 aliphatic carbocycles. The van der Waals surface area contributed by atoms with Gasteiger partial charge in [-0.15, -0.1) is 0 Å². The van der Waals surface area contributed by atoms with Crippen molar-refractivity contribution >= 4 is 34.2 Å². The van der Waals surface area contributed by atoms with Gasteiger partial charge < -0.3 is 19.6 Å². The second-order valence-electron chi connectivity index (χ2n) is 8.88. The Morgan fingerprint density at radius 2 is 1.95 bits per heavy atom. The minimum absolute atomic E-state index is 0.0264. The molecule has 1 N–H and O–H groups in total. The van der Waals surface area contributed by atoms with E-state index in [0.717, 1.165) is 6.07 Å². The zero-order valence-electron chi connectivity index (χ0n) is 20.9. The number of phenolic OH excluding ortho intramolecular Hbond substituents is 1. The lowest BCUT2D eigenvalue weighted by molar-refractivity contribution is -0.126. The van der Waals surface area contributed by atoms with E-state index >= 15 is 4.39 Å². The molecule has 4 aromatic rings. The summed E-state index contributed by atoms with van der Waals surface area (Å²) in [5, 5.41) is 19.4. The maximum Gasteiger partial charge on any atom is 0.319 e. The molecule has 9 nitrogen and oxygen atoms in total. The Hall–Kier alpha value is -4.82. The predicted octanol–water partition coefficient (Wildman–Crippen LogP) is 4.61. The van der Waals surface area contributed by atoms with E-state index in [2.05, 4.69) is 21.5 Å². The molecule has 1 aliphatic rings. The molecule has 1 amide bonds. The number of halogens is 3. The average molecular weight is 563 g/mol. The van der Waals surface area contributed by atoms with Crippen LogP contribution in [0.25, 0.3) is 22.0 Å². The topological polar surface area (TPSA) is 115 Å². The molecule has 0 atom stereocenters. The van der Waals surface area contributed by atoms with Gasteiger partial charge in [-0.1, -0.05) is 30.3 Å². The van der Waals surface area contributed by atoms with E-state index in [9.17, 15) is 14.3 Å². The van der Waals surface area contributed by atoms with Gasteiger partial charge in [0, 0.05) is 48.9 Å². The number of rotatable bonds is 6. The summed E-state index contributed by atoms with van der Waals surface area (Å²) in [4.78, 5) is 28.3. The summed E-state index contributed by atoms with van der Waals surface area (Å²) in [7, 11) is 0. The normalized spacial score (nSPS) is 13.2. The molecule has 0 spiro atoms. The van der Waals surface area contributed by atoms with Crippen LogP contribution >= 0.6 is 11.6 Å². The van der Waals surface area contributed by atoms with Crippen LogP contribution in [0, 0.1) is 23.0 Å². The van der Waals surface area contributed by atoms with Gasteiger partial charge in [0.25, 0.3) is 0 Å². The summed E-state index contributed by atoms with van der Waals surface area (Å²) in [6.07, 6.45) is 2.71. The molecule has 1 aliphatic heterocycles. The van der Waals surface area contributed by atoms with Crippen LogP contribution < -0.4 is 9.64 Å². The average Bonchev–Trinajstić information content (AvgIpc) is 2.97. The molecule has 3 heterocycles. The first kappa shape index (κ1) is 26.8. The lowest BCUT2D eigenvalue weighted by Gasteiger charge is -2.35. The Bertz CT molecular complexity index is 1650. The zero-order valence-corrected chi connectivity index (χ0v) is 21.7. The molecule has 1 fully saturated rings. The van der Waals surface area contributed by atoms with E-state index in [-0.39, 0.29) is 45.7 Å². The number of benzene rings is 2. The Kier molecular flexibility index (Phi) is 7.44. The second kappa shape index (κ2) is 11.1. The molecular weight excluding hydrogens is 542 g/mol. The number of ether oxygens (including phenoxy) is 1. The Morgan fingerprint density at radius 3 is 2.60 bits per heavy atom. The van der Waals surface area contributed by atoms with E-state index in [1.54, 1.807) is 11.0 Å². The monoisotopic (exact) mass is 562 g/mol. The number of nitriles is 1. The molecule has 2 aromatic heterocycles. The fourth-order valence-electron chi connectivity index (χ4n) is 4.45. The van der Waals surface area contributed by atoms with Crippen LogP contribution in [-0.4, -0.2) is 57.0 Å². The molecule has 0 unspecified atom stereocenters. The lowest BCUT2D eigenvalue weighted by atomic mass is 10.0. The van der Waals surface area contributed by atoms with Crippen molar-refractivity contribution in [3.8, 4) is 29.0 Å². The summed E-state index contributed by atoms with van der Waals surface area (Å²) in [6, 6.07) is 9.99. The SMILES string of the molecule is C=CC(=O)N1CCN(c2nc(OCc3ccc(C#N)nc3)nc3c(F)c(-c4c(O)cccc4F)c(Cl)cc23)CC1. The molecule has 12 heteroatoms. The first-order valence-electron chi connectivity index (χ1n) is 12.1. The third-order valence-corrected chi connectivity index (χ3v) is 6.75. The maximum absolute atomic E-state index is 16.1. The zero-order chi connectivity index (χ0) is 28.4. The highest BCUT2D eigenvalue weighted by Gasteiger charge is 2.27. The predicted molar refractivity (Wildman–Crippen MR) is 144 cm³/mol. The number of pyridine rings is 1. The third kappa shape index (κ3) is 5.09. The van der Waals surface area contributed by atoms with Gasteiger partial charge in [0.15, 0.2) is 5.82 Å². The van der Waals surface area contributed by atoms with Crippen molar-refractivity contribution < 1.29 is 23.4 Å². The maximum atomic E-state index is 16.1. The first-order valence-corrected chi connectivity index (χ1v) is 12.5. The smallest absolute Gasteiger partial charge is 0.319 e. The number of anilines is 1. The van der Waals surface area contributed by atoms with Crippen molar-refractivity contribution in [1.29, 1.82) is 5.26 Å². The molecular formula is C28H21ClF2N6O3. The van der Waals surface area contributed by atoms with Crippen molar-refractivity contribution in [2.24, 2.45) is 0 Å². The van der Waals surface area contributed by atoms with Crippen molar-refractivity contribution in [2.75, 3.05) is 31.1 Å². The molecule has 0 bridgehead atoms. The fraction of sp³-hybridized carbons (Fsp3) is 0.179. The summed E-state index contributed by atoms with van der Waals surface area (Å²) in [5.74, 6) is -2.19. The molecule has 1 saturated heterocycles. The summed E-state index contributed by atoms with van der Waals surface area (Å²) in [6.45, 7) is 5.00. The van der Waals surface area contributed by atoms with Gasteiger partial charge in [0.1, 0.15) is 41.3 Å². The minimum Gasteiger partial charge on any atom is -0.507 e. The van der Waals surface area contributed by atoms with Crippen molar-refractivity contribution in [3.63, 3.8) is 0 Å². The number of aromatic hydroxyl groups is 1. The number of nitrogens with zero attached hydrogens (tertiary/aromatic N) is 6. The van der Waals surface area contributed by atoms with Crippen LogP contribution in [0.2, 0.25) is 5.02 Å². The third-order valence-electron chi connectivity index (χ3n) is 6.46. The number of phenols is 1. The van der Waals surface area contributed by atoms with Gasteiger partial charge in [0.05, 0.1) is 10.6 Å². The second-order valence-corrected chi connectivity index (χ2v) is 9.28. The number of fused-ring (bicyclic) bond motifs is 1. The Labute approximate surface area is 232 Å². The quantitative estimate of drug-likeness (QED) is 0.339. The largest absolute Gasteiger partial charge is 0.507 e. The van der Waals surface area contributed by atoms with E-state index < -0.39 is 22.9 Å². The van der Waals surface area contributed by atoms with Crippen molar-refractivity contribution in [3.05, 3.63) is 83.2 Å².